The minimum Gasteiger partial charge on any atom is -0.350 e. The zero-order chi connectivity index (χ0) is 19.5. The van der Waals surface area contributed by atoms with Gasteiger partial charge in [0.25, 0.3) is 5.91 Å². The third-order valence-corrected chi connectivity index (χ3v) is 6.07. The van der Waals surface area contributed by atoms with Gasteiger partial charge in [0.15, 0.2) is 0 Å². The lowest BCUT2D eigenvalue weighted by molar-refractivity contribution is 0.102. The van der Waals surface area contributed by atoms with Crippen molar-refractivity contribution in [2.24, 2.45) is 0 Å². The summed E-state index contributed by atoms with van der Waals surface area (Å²) in [5.41, 5.74) is 3.61. The van der Waals surface area contributed by atoms with Crippen molar-refractivity contribution in [1.82, 2.24) is 14.8 Å². The van der Waals surface area contributed by atoms with Gasteiger partial charge >= 0.3 is 0 Å². The second kappa shape index (κ2) is 8.47. The van der Waals surface area contributed by atoms with E-state index in [9.17, 15) is 4.79 Å². The number of fused-ring (bicyclic) bond motifs is 1. The number of aromatic amines is 1. The number of H-pyrrole nitrogens is 1. The van der Waals surface area contributed by atoms with E-state index in [0.717, 1.165) is 60.2 Å². The molecule has 28 heavy (non-hydrogen) atoms. The number of anilines is 1. The van der Waals surface area contributed by atoms with E-state index in [-0.39, 0.29) is 5.91 Å². The summed E-state index contributed by atoms with van der Waals surface area (Å²) in [4.78, 5) is 20.6. The first kappa shape index (κ1) is 19.2. The Bertz CT molecular complexity index is 958. The van der Waals surface area contributed by atoms with Crippen LogP contribution in [0.3, 0.4) is 0 Å². The van der Waals surface area contributed by atoms with Crippen molar-refractivity contribution >= 4 is 38.4 Å². The van der Waals surface area contributed by atoms with Gasteiger partial charge in [-0.15, -0.1) is 0 Å². The third kappa shape index (κ3) is 4.46. The van der Waals surface area contributed by atoms with Gasteiger partial charge in [0.2, 0.25) is 0 Å². The van der Waals surface area contributed by atoms with Gasteiger partial charge in [-0.3, -0.25) is 4.79 Å². The monoisotopic (exact) mass is 440 g/mol. The molecule has 1 amide bonds. The van der Waals surface area contributed by atoms with E-state index in [2.05, 4.69) is 55.2 Å². The Hall–Kier alpha value is -2.15. The van der Waals surface area contributed by atoms with Gasteiger partial charge in [-0.05, 0) is 49.4 Å². The van der Waals surface area contributed by atoms with E-state index >= 15 is 0 Å². The quantitative estimate of drug-likeness (QED) is 0.630. The molecule has 4 rings (SSSR count). The summed E-state index contributed by atoms with van der Waals surface area (Å²) in [5, 5.41) is 3.98. The molecule has 2 aromatic carbocycles. The second-order valence-electron chi connectivity index (χ2n) is 7.43. The van der Waals surface area contributed by atoms with Crippen molar-refractivity contribution in [3.63, 3.8) is 0 Å². The van der Waals surface area contributed by atoms with Crippen LogP contribution < -0.4 is 5.32 Å². The van der Waals surface area contributed by atoms with E-state index in [0.29, 0.717) is 5.69 Å². The number of carbonyl (C=O) groups is 1. The zero-order valence-corrected chi connectivity index (χ0v) is 17.6. The molecule has 6 heteroatoms. The lowest BCUT2D eigenvalue weighted by Crippen LogP contribution is -2.45. The molecule has 0 bridgehead atoms. The van der Waals surface area contributed by atoms with E-state index in [1.54, 1.807) is 0 Å². The molecule has 3 aromatic rings. The molecular weight excluding hydrogens is 416 g/mol. The summed E-state index contributed by atoms with van der Waals surface area (Å²) >= 11 is 3.52. The Kier molecular flexibility index (Phi) is 5.80. The zero-order valence-electron chi connectivity index (χ0n) is 16.0. The van der Waals surface area contributed by atoms with Crippen molar-refractivity contribution in [3.05, 3.63) is 64.3 Å². The maximum Gasteiger partial charge on any atom is 0.272 e. The van der Waals surface area contributed by atoms with Crippen LogP contribution in [0.1, 0.15) is 16.1 Å². The normalized spacial score (nSPS) is 15.8. The second-order valence-corrected chi connectivity index (χ2v) is 8.28. The number of halogens is 1. The fourth-order valence-corrected chi connectivity index (χ4v) is 4.03. The fraction of sp³-hybridized carbons (Fsp3) is 0.318. The Morgan fingerprint density at radius 3 is 2.57 bits per heavy atom. The number of rotatable bonds is 5. The molecule has 1 aliphatic rings. The van der Waals surface area contributed by atoms with Crippen molar-refractivity contribution in [2.75, 3.05) is 45.1 Å². The SMILES string of the molecule is CN1CCN(CCc2ccc(NC(=O)c3cc4c(Br)cccc4[nH]3)cc2)CC1. The molecular formula is C22H25BrN4O. The van der Waals surface area contributed by atoms with Gasteiger partial charge in [-0.2, -0.15) is 0 Å². The van der Waals surface area contributed by atoms with E-state index in [1.165, 1.54) is 5.56 Å². The largest absolute Gasteiger partial charge is 0.350 e. The average Bonchev–Trinajstić information content (AvgIpc) is 3.15. The Labute approximate surface area is 173 Å². The first-order valence-corrected chi connectivity index (χ1v) is 10.5. The van der Waals surface area contributed by atoms with Gasteiger partial charge < -0.3 is 20.1 Å². The molecule has 0 saturated carbocycles. The van der Waals surface area contributed by atoms with Crippen molar-refractivity contribution in [1.29, 1.82) is 0 Å². The summed E-state index contributed by atoms with van der Waals surface area (Å²) in [7, 11) is 2.18. The van der Waals surface area contributed by atoms with Crippen LogP contribution in [0.2, 0.25) is 0 Å². The maximum atomic E-state index is 12.6. The fourth-order valence-electron chi connectivity index (χ4n) is 3.55. The molecule has 1 aromatic heterocycles. The highest BCUT2D eigenvalue weighted by Gasteiger charge is 2.14. The molecule has 146 valence electrons. The molecule has 1 fully saturated rings. The standard InChI is InChI=1S/C22H25BrN4O/c1-26-11-13-27(14-12-26)10-9-16-5-7-17(8-6-16)24-22(28)21-15-18-19(23)3-2-4-20(18)25-21/h2-8,15,25H,9-14H2,1H3,(H,24,28). The molecule has 1 saturated heterocycles. The summed E-state index contributed by atoms with van der Waals surface area (Å²) in [6.45, 7) is 5.67. The van der Waals surface area contributed by atoms with Crippen LogP contribution in [-0.2, 0) is 6.42 Å². The third-order valence-electron chi connectivity index (χ3n) is 5.38. The molecule has 0 spiro atoms. The van der Waals surface area contributed by atoms with Crippen LogP contribution in [0.25, 0.3) is 10.9 Å². The molecule has 1 aliphatic heterocycles. The number of nitrogens with one attached hydrogen (secondary N) is 2. The Morgan fingerprint density at radius 1 is 1.11 bits per heavy atom. The lowest BCUT2D eigenvalue weighted by Gasteiger charge is -2.32. The summed E-state index contributed by atoms with van der Waals surface area (Å²) in [5.74, 6) is -0.131. The van der Waals surface area contributed by atoms with E-state index in [4.69, 9.17) is 0 Å². The highest BCUT2D eigenvalue weighted by Crippen LogP contribution is 2.25. The molecule has 0 aliphatic carbocycles. The first-order valence-electron chi connectivity index (χ1n) is 9.67. The summed E-state index contributed by atoms with van der Waals surface area (Å²) < 4.78 is 0.977. The Morgan fingerprint density at radius 2 is 1.86 bits per heavy atom. The van der Waals surface area contributed by atoms with Crippen LogP contribution in [0.5, 0.6) is 0 Å². The molecule has 0 unspecified atom stereocenters. The van der Waals surface area contributed by atoms with Gasteiger partial charge in [0.05, 0.1) is 0 Å². The average molecular weight is 441 g/mol. The number of benzene rings is 2. The van der Waals surface area contributed by atoms with Gasteiger partial charge in [-0.1, -0.05) is 34.1 Å². The predicted molar refractivity (Wildman–Crippen MR) is 118 cm³/mol. The van der Waals surface area contributed by atoms with Gasteiger partial charge in [-0.25, -0.2) is 0 Å². The summed E-state index contributed by atoms with van der Waals surface area (Å²) in [6, 6.07) is 15.9. The molecule has 0 atom stereocenters. The number of piperazine rings is 1. The van der Waals surface area contributed by atoms with Gasteiger partial charge in [0.1, 0.15) is 5.69 Å². The van der Waals surface area contributed by atoms with Crippen LogP contribution in [0.15, 0.2) is 53.0 Å². The molecule has 0 radical (unpaired) electrons. The number of likely N-dealkylation sites (N-methyl/N-ethyl adjacent to an activating group) is 1. The lowest BCUT2D eigenvalue weighted by atomic mass is 10.1. The number of carbonyl (C=O) groups excluding carboxylic acids is 1. The van der Waals surface area contributed by atoms with Gasteiger partial charge in [0, 0.05) is 53.8 Å². The molecule has 2 heterocycles. The van der Waals surface area contributed by atoms with Crippen LogP contribution in [-0.4, -0.2) is 60.5 Å². The Balaban J connectivity index is 1.34. The highest BCUT2D eigenvalue weighted by atomic mass is 79.9. The van der Waals surface area contributed by atoms with E-state index in [1.807, 2.05) is 36.4 Å². The van der Waals surface area contributed by atoms with E-state index < -0.39 is 0 Å². The predicted octanol–water partition coefficient (Wildman–Crippen LogP) is 3.97. The topological polar surface area (TPSA) is 51.4 Å². The number of hydrogen-bond donors (Lipinski definition) is 2. The van der Waals surface area contributed by atoms with Crippen LogP contribution in [0.4, 0.5) is 5.69 Å². The first-order chi connectivity index (χ1) is 13.6. The minimum atomic E-state index is -0.131. The molecule has 5 nitrogen and oxygen atoms in total. The van der Waals surface area contributed by atoms with Crippen LogP contribution in [0, 0.1) is 0 Å². The highest BCUT2D eigenvalue weighted by molar-refractivity contribution is 9.10. The number of nitrogens with zero attached hydrogens (tertiary/aromatic N) is 2. The van der Waals surface area contributed by atoms with Crippen molar-refractivity contribution in [2.45, 2.75) is 6.42 Å². The number of hydrogen-bond acceptors (Lipinski definition) is 3. The van der Waals surface area contributed by atoms with Crippen molar-refractivity contribution in [3.8, 4) is 0 Å². The number of aromatic nitrogens is 1. The smallest absolute Gasteiger partial charge is 0.272 e. The maximum absolute atomic E-state index is 12.6. The van der Waals surface area contributed by atoms with Crippen molar-refractivity contribution < 1.29 is 4.79 Å². The minimum absolute atomic E-state index is 0.131. The molecule has 2 N–H and O–H groups in total. The summed E-state index contributed by atoms with van der Waals surface area (Å²) in [6.07, 6.45) is 1.04. The van der Waals surface area contributed by atoms with Crippen LogP contribution >= 0.6 is 15.9 Å². The number of amides is 1.